The Morgan fingerprint density at radius 3 is 2.24 bits per heavy atom. The van der Waals surface area contributed by atoms with Gasteiger partial charge in [0.25, 0.3) is 0 Å². The van der Waals surface area contributed by atoms with Gasteiger partial charge in [-0.1, -0.05) is 31.2 Å². The van der Waals surface area contributed by atoms with E-state index in [0.717, 1.165) is 32.4 Å². The molecule has 2 nitrogen and oxygen atoms in total. The average Bonchev–Trinajstić information content (AvgIpc) is 2.34. The Labute approximate surface area is 106 Å². The molecular formula is C15H26N2. The van der Waals surface area contributed by atoms with Gasteiger partial charge in [0, 0.05) is 12.6 Å². The molecule has 1 aromatic carbocycles. The lowest BCUT2D eigenvalue weighted by Gasteiger charge is -2.17. The second kappa shape index (κ2) is 7.46. The molecular weight excluding hydrogens is 208 g/mol. The summed E-state index contributed by atoms with van der Waals surface area (Å²) in [6.07, 6.45) is 3.32. The molecule has 17 heavy (non-hydrogen) atoms. The monoisotopic (exact) mass is 234 g/mol. The van der Waals surface area contributed by atoms with Gasteiger partial charge in [0.1, 0.15) is 0 Å². The Hall–Kier alpha value is -0.860. The number of nitrogens with zero attached hydrogens (tertiary/aromatic N) is 1. The summed E-state index contributed by atoms with van der Waals surface area (Å²) in [5, 5.41) is 0. The van der Waals surface area contributed by atoms with E-state index in [0.29, 0.717) is 6.04 Å². The summed E-state index contributed by atoms with van der Waals surface area (Å²) < 4.78 is 0. The molecule has 0 fully saturated rings. The first-order chi connectivity index (χ1) is 8.11. The summed E-state index contributed by atoms with van der Waals surface area (Å²) in [6, 6.07) is 9.27. The molecule has 1 aromatic rings. The minimum Gasteiger partial charge on any atom is -0.328 e. The second-order valence-electron chi connectivity index (χ2n) is 4.99. The van der Waals surface area contributed by atoms with Crippen LogP contribution in [0.5, 0.6) is 0 Å². The van der Waals surface area contributed by atoms with Crippen molar-refractivity contribution < 1.29 is 0 Å². The van der Waals surface area contributed by atoms with Gasteiger partial charge in [0.2, 0.25) is 0 Å². The first-order valence-corrected chi connectivity index (χ1v) is 6.63. The van der Waals surface area contributed by atoms with E-state index < -0.39 is 0 Å². The molecule has 2 N–H and O–H groups in total. The van der Waals surface area contributed by atoms with E-state index in [9.17, 15) is 0 Å². The Bertz CT molecular complexity index is 303. The highest BCUT2D eigenvalue weighted by molar-refractivity contribution is 5.22. The number of hydrogen-bond acceptors (Lipinski definition) is 2. The van der Waals surface area contributed by atoms with Crippen molar-refractivity contribution >= 4 is 0 Å². The fraction of sp³-hybridized carbons (Fsp3) is 0.600. The summed E-state index contributed by atoms with van der Waals surface area (Å²) in [4.78, 5) is 2.36. The fourth-order valence-corrected chi connectivity index (χ4v) is 1.80. The van der Waals surface area contributed by atoms with Crippen molar-refractivity contribution in [1.82, 2.24) is 4.90 Å². The lowest BCUT2D eigenvalue weighted by molar-refractivity contribution is 0.324. The maximum absolute atomic E-state index is 5.75. The summed E-state index contributed by atoms with van der Waals surface area (Å²) in [5.74, 6) is 0. The van der Waals surface area contributed by atoms with Crippen molar-refractivity contribution in [2.24, 2.45) is 5.73 Å². The van der Waals surface area contributed by atoms with E-state index in [1.54, 1.807) is 0 Å². The van der Waals surface area contributed by atoms with Gasteiger partial charge < -0.3 is 10.6 Å². The highest BCUT2D eigenvalue weighted by Crippen LogP contribution is 2.06. The summed E-state index contributed by atoms with van der Waals surface area (Å²) in [7, 11) is 2.17. The number of aryl methyl sites for hydroxylation is 1. The maximum atomic E-state index is 5.75. The number of rotatable bonds is 7. The number of likely N-dealkylation sites (N-methyl/N-ethyl adjacent to an activating group) is 1. The zero-order valence-electron chi connectivity index (χ0n) is 11.4. The van der Waals surface area contributed by atoms with Crippen molar-refractivity contribution in [3.63, 3.8) is 0 Å². The molecule has 0 bridgehead atoms. The Morgan fingerprint density at radius 2 is 1.71 bits per heavy atom. The fourth-order valence-electron chi connectivity index (χ4n) is 1.80. The normalized spacial score (nSPS) is 13.0. The molecule has 0 saturated heterocycles. The first-order valence-electron chi connectivity index (χ1n) is 6.63. The minimum absolute atomic E-state index is 0.307. The number of hydrogen-bond donors (Lipinski definition) is 1. The molecule has 0 aliphatic heterocycles. The molecule has 1 unspecified atom stereocenters. The van der Waals surface area contributed by atoms with Crippen LogP contribution < -0.4 is 5.73 Å². The van der Waals surface area contributed by atoms with Crippen LogP contribution in [0.2, 0.25) is 0 Å². The van der Waals surface area contributed by atoms with Crippen LogP contribution in [0.3, 0.4) is 0 Å². The third-order valence-electron chi connectivity index (χ3n) is 3.18. The lowest BCUT2D eigenvalue weighted by Crippen LogP contribution is -2.27. The molecule has 2 heteroatoms. The maximum Gasteiger partial charge on any atom is 0.00226 e. The Balaban J connectivity index is 2.29. The quantitative estimate of drug-likeness (QED) is 0.785. The Kier molecular flexibility index (Phi) is 6.23. The SMILES string of the molecule is CCc1ccc(CCN(C)CCC(C)N)cc1. The molecule has 0 aliphatic carbocycles. The zero-order chi connectivity index (χ0) is 12.7. The van der Waals surface area contributed by atoms with Gasteiger partial charge >= 0.3 is 0 Å². The van der Waals surface area contributed by atoms with Gasteiger partial charge in [0.05, 0.1) is 0 Å². The van der Waals surface area contributed by atoms with Crippen LogP contribution in [0, 0.1) is 0 Å². The van der Waals surface area contributed by atoms with Gasteiger partial charge in [-0.25, -0.2) is 0 Å². The van der Waals surface area contributed by atoms with Crippen LogP contribution in [0.25, 0.3) is 0 Å². The van der Waals surface area contributed by atoms with Crippen LogP contribution in [0.15, 0.2) is 24.3 Å². The van der Waals surface area contributed by atoms with Gasteiger partial charge in [0.15, 0.2) is 0 Å². The first kappa shape index (κ1) is 14.2. The third-order valence-corrected chi connectivity index (χ3v) is 3.18. The van der Waals surface area contributed by atoms with E-state index in [1.165, 1.54) is 11.1 Å². The van der Waals surface area contributed by atoms with E-state index in [-0.39, 0.29) is 0 Å². The van der Waals surface area contributed by atoms with E-state index in [2.05, 4.69) is 50.1 Å². The van der Waals surface area contributed by atoms with Crippen molar-refractivity contribution in [3.8, 4) is 0 Å². The minimum atomic E-state index is 0.307. The topological polar surface area (TPSA) is 29.3 Å². The number of benzene rings is 1. The van der Waals surface area contributed by atoms with E-state index in [1.807, 2.05) is 0 Å². The molecule has 0 aliphatic rings. The highest BCUT2D eigenvalue weighted by Gasteiger charge is 2.01. The smallest absolute Gasteiger partial charge is 0.00226 e. The molecule has 0 saturated carbocycles. The molecule has 0 heterocycles. The molecule has 0 amide bonds. The van der Waals surface area contributed by atoms with Crippen molar-refractivity contribution in [1.29, 1.82) is 0 Å². The predicted molar refractivity (Wildman–Crippen MR) is 75.3 cm³/mol. The van der Waals surface area contributed by atoms with Crippen LogP contribution in [-0.4, -0.2) is 31.1 Å². The largest absolute Gasteiger partial charge is 0.328 e. The Morgan fingerprint density at radius 1 is 1.12 bits per heavy atom. The average molecular weight is 234 g/mol. The van der Waals surface area contributed by atoms with Gasteiger partial charge in [-0.3, -0.25) is 0 Å². The summed E-state index contributed by atoms with van der Waals surface area (Å²) in [6.45, 7) is 6.46. The molecule has 1 atom stereocenters. The predicted octanol–water partition coefficient (Wildman–Crippen LogP) is 2.46. The third kappa shape index (κ3) is 5.85. The van der Waals surface area contributed by atoms with Gasteiger partial charge in [-0.15, -0.1) is 0 Å². The van der Waals surface area contributed by atoms with Crippen molar-refractivity contribution in [2.45, 2.75) is 39.2 Å². The van der Waals surface area contributed by atoms with Crippen LogP contribution in [0.1, 0.15) is 31.4 Å². The van der Waals surface area contributed by atoms with Gasteiger partial charge in [-0.05, 0) is 50.9 Å². The van der Waals surface area contributed by atoms with Crippen molar-refractivity contribution in [2.75, 3.05) is 20.1 Å². The van der Waals surface area contributed by atoms with E-state index >= 15 is 0 Å². The van der Waals surface area contributed by atoms with Crippen LogP contribution in [0.4, 0.5) is 0 Å². The second-order valence-corrected chi connectivity index (χ2v) is 4.99. The molecule has 0 spiro atoms. The molecule has 96 valence electrons. The zero-order valence-corrected chi connectivity index (χ0v) is 11.4. The van der Waals surface area contributed by atoms with Crippen molar-refractivity contribution in [3.05, 3.63) is 35.4 Å². The standard InChI is InChI=1S/C15H26N2/c1-4-14-5-7-15(8-6-14)10-12-17(3)11-9-13(2)16/h5-8,13H,4,9-12,16H2,1-3H3. The lowest BCUT2D eigenvalue weighted by atomic mass is 10.1. The molecule has 0 radical (unpaired) electrons. The molecule has 0 aromatic heterocycles. The molecule has 1 rings (SSSR count). The highest BCUT2D eigenvalue weighted by atomic mass is 15.1. The van der Waals surface area contributed by atoms with E-state index in [4.69, 9.17) is 5.73 Å². The summed E-state index contributed by atoms with van der Waals surface area (Å²) >= 11 is 0. The van der Waals surface area contributed by atoms with Crippen LogP contribution in [-0.2, 0) is 12.8 Å². The summed E-state index contributed by atoms with van der Waals surface area (Å²) in [5.41, 5.74) is 8.59. The number of nitrogens with two attached hydrogens (primary N) is 1. The van der Waals surface area contributed by atoms with Crippen LogP contribution >= 0.6 is 0 Å². The van der Waals surface area contributed by atoms with Gasteiger partial charge in [-0.2, -0.15) is 0 Å².